The summed E-state index contributed by atoms with van der Waals surface area (Å²) in [6.07, 6.45) is 11.2. The summed E-state index contributed by atoms with van der Waals surface area (Å²) < 4.78 is 0. The van der Waals surface area contributed by atoms with Crippen molar-refractivity contribution in [2.75, 3.05) is 6.16 Å². The van der Waals surface area contributed by atoms with Crippen molar-refractivity contribution in [3.8, 4) is 0 Å². The Kier molecular flexibility index (Phi) is 9.86. The molecule has 74 valence electrons. The molecule has 0 spiro atoms. The van der Waals surface area contributed by atoms with Crippen molar-refractivity contribution >= 4 is 9.24 Å². The van der Waals surface area contributed by atoms with Crippen molar-refractivity contribution in [2.24, 2.45) is 5.92 Å². The molecule has 0 bridgehead atoms. The normalized spacial score (nSPS) is 13.2. The molecule has 0 heterocycles. The molecular weight excluding hydrogens is 163 g/mol. The smallest absolute Gasteiger partial charge is 0.0379 e. The maximum Gasteiger partial charge on any atom is -0.0379 e. The fourth-order valence-electron chi connectivity index (χ4n) is 1.53. The van der Waals surface area contributed by atoms with Gasteiger partial charge < -0.3 is 0 Å². The van der Waals surface area contributed by atoms with Gasteiger partial charge in [0.05, 0.1) is 0 Å². The molecule has 2 atom stereocenters. The monoisotopic (exact) mass is 188 g/mol. The van der Waals surface area contributed by atoms with Gasteiger partial charge in [-0.1, -0.05) is 52.4 Å². The summed E-state index contributed by atoms with van der Waals surface area (Å²) in [5.74, 6) is 0.948. The summed E-state index contributed by atoms with van der Waals surface area (Å²) in [6, 6.07) is 0. The molecule has 0 nitrogen and oxygen atoms in total. The Morgan fingerprint density at radius 3 is 2.25 bits per heavy atom. The van der Waals surface area contributed by atoms with Gasteiger partial charge in [0.1, 0.15) is 0 Å². The lowest BCUT2D eigenvalue weighted by molar-refractivity contribution is 0.476. The van der Waals surface area contributed by atoms with Crippen molar-refractivity contribution in [2.45, 2.75) is 58.8 Å². The zero-order valence-corrected chi connectivity index (χ0v) is 9.97. The molecule has 0 radical (unpaired) electrons. The highest BCUT2D eigenvalue weighted by molar-refractivity contribution is 7.16. The lowest BCUT2D eigenvalue weighted by atomic mass is 10.00. The van der Waals surface area contributed by atoms with E-state index in [9.17, 15) is 0 Å². The van der Waals surface area contributed by atoms with Gasteiger partial charge in [-0.05, 0) is 18.5 Å². The summed E-state index contributed by atoms with van der Waals surface area (Å²) in [7, 11) is 2.82. The molecule has 0 fully saturated rings. The van der Waals surface area contributed by atoms with Crippen molar-refractivity contribution in [1.82, 2.24) is 0 Å². The SMILES string of the molecule is CCCCCCCC(C)CCP. The van der Waals surface area contributed by atoms with Gasteiger partial charge in [-0.2, -0.15) is 0 Å². The van der Waals surface area contributed by atoms with Gasteiger partial charge in [0, 0.05) is 0 Å². The molecule has 12 heavy (non-hydrogen) atoms. The van der Waals surface area contributed by atoms with Crippen LogP contribution >= 0.6 is 9.24 Å². The van der Waals surface area contributed by atoms with Crippen molar-refractivity contribution < 1.29 is 0 Å². The molecule has 1 heteroatoms. The van der Waals surface area contributed by atoms with Gasteiger partial charge in [0.25, 0.3) is 0 Å². The van der Waals surface area contributed by atoms with Gasteiger partial charge >= 0.3 is 0 Å². The van der Waals surface area contributed by atoms with E-state index in [2.05, 4.69) is 23.1 Å². The highest BCUT2D eigenvalue weighted by Crippen LogP contribution is 2.14. The van der Waals surface area contributed by atoms with Crippen molar-refractivity contribution in [1.29, 1.82) is 0 Å². The first-order valence-corrected chi connectivity index (χ1v) is 6.33. The maximum atomic E-state index is 2.82. The molecule has 0 aromatic carbocycles. The quantitative estimate of drug-likeness (QED) is 0.394. The van der Waals surface area contributed by atoms with Gasteiger partial charge in [-0.15, -0.1) is 9.24 Å². The Morgan fingerprint density at radius 1 is 1.00 bits per heavy atom. The molecule has 0 N–H and O–H groups in total. The standard InChI is InChI=1S/C11H25P/c1-3-4-5-6-7-8-11(2)9-10-12/h11H,3-10,12H2,1-2H3. The molecule has 0 saturated carbocycles. The first kappa shape index (κ1) is 12.4. The van der Waals surface area contributed by atoms with Crippen LogP contribution in [0.4, 0.5) is 0 Å². The van der Waals surface area contributed by atoms with Crippen molar-refractivity contribution in [3.63, 3.8) is 0 Å². The molecular formula is C11H25P. The summed E-state index contributed by atoms with van der Waals surface area (Å²) in [6.45, 7) is 4.65. The molecule has 0 aliphatic rings. The number of hydrogen-bond acceptors (Lipinski definition) is 0. The third kappa shape index (κ3) is 8.53. The van der Waals surface area contributed by atoms with Gasteiger partial charge in [0.15, 0.2) is 0 Å². The van der Waals surface area contributed by atoms with Crippen LogP contribution in [0.2, 0.25) is 0 Å². The van der Waals surface area contributed by atoms with Crippen LogP contribution in [0.15, 0.2) is 0 Å². The minimum absolute atomic E-state index is 0.948. The average Bonchev–Trinajstić information content (AvgIpc) is 2.05. The van der Waals surface area contributed by atoms with E-state index in [4.69, 9.17) is 0 Å². The number of rotatable bonds is 8. The Balaban J connectivity index is 2.97. The van der Waals surface area contributed by atoms with Gasteiger partial charge in [-0.3, -0.25) is 0 Å². The van der Waals surface area contributed by atoms with E-state index in [-0.39, 0.29) is 0 Å². The van der Waals surface area contributed by atoms with Crippen LogP contribution in [-0.2, 0) is 0 Å². The molecule has 0 aromatic rings. The van der Waals surface area contributed by atoms with E-state index in [0.717, 1.165) is 5.92 Å². The molecule has 0 amide bonds. The Bertz CT molecular complexity index is 81.1. The third-order valence-electron chi connectivity index (χ3n) is 2.46. The Hall–Kier alpha value is 0.430. The largest absolute Gasteiger partial charge is 0.138 e. The van der Waals surface area contributed by atoms with Crippen molar-refractivity contribution in [3.05, 3.63) is 0 Å². The van der Waals surface area contributed by atoms with Crippen LogP contribution in [0.5, 0.6) is 0 Å². The summed E-state index contributed by atoms with van der Waals surface area (Å²) in [4.78, 5) is 0. The zero-order valence-electron chi connectivity index (χ0n) is 8.81. The molecule has 0 rings (SSSR count). The van der Waals surface area contributed by atoms with Crippen LogP contribution in [0, 0.1) is 5.92 Å². The second kappa shape index (κ2) is 9.52. The van der Waals surface area contributed by atoms with Crippen LogP contribution in [0.3, 0.4) is 0 Å². The second-order valence-electron chi connectivity index (χ2n) is 3.89. The topological polar surface area (TPSA) is 0 Å². The molecule has 0 saturated heterocycles. The summed E-state index contributed by atoms with van der Waals surface area (Å²) >= 11 is 0. The average molecular weight is 188 g/mol. The Morgan fingerprint density at radius 2 is 1.67 bits per heavy atom. The van der Waals surface area contributed by atoms with E-state index >= 15 is 0 Å². The van der Waals surface area contributed by atoms with Crippen LogP contribution < -0.4 is 0 Å². The molecule has 0 aromatic heterocycles. The minimum Gasteiger partial charge on any atom is -0.138 e. The van der Waals surface area contributed by atoms with Crippen LogP contribution in [-0.4, -0.2) is 6.16 Å². The maximum absolute atomic E-state index is 2.82. The predicted molar refractivity (Wildman–Crippen MR) is 61.7 cm³/mol. The van der Waals surface area contributed by atoms with E-state index in [1.54, 1.807) is 0 Å². The highest BCUT2D eigenvalue weighted by Gasteiger charge is 1.99. The lowest BCUT2D eigenvalue weighted by Crippen LogP contribution is -1.94. The Labute approximate surface area is 80.7 Å². The number of hydrogen-bond donors (Lipinski definition) is 0. The summed E-state index contributed by atoms with van der Waals surface area (Å²) in [5, 5.41) is 0. The first-order chi connectivity index (χ1) is 5.81. The molecule has 2 unspecified atom stereocenters. The first-order valence-electron chi connectivity index (χ1n) is 5.51. The third-order valence-corrected chi connectivity index (χ3v) is 2.79. The zero-order chi connectivity index (χ0) is 9.23. The second-order valence-corrected chi connectivity index (χ2v) is 4.46. The fourth-order valence-corrected chi connectivity index (χ4v) is 2.09. The fraction of sp³-hybridized carbons (Fsp3) is 1.00. The van der Waals surface area contributed by atoms with E-state index in [1.807, 2.05) is 0 Å². The van der Waals surface area contributed by atoms with Gasteiger partial charge in [0.2, 0.25) is 0 Å². The van der Waals surface area contributed by atoms with Crippen LogP contribution in [0.25, 0.3) is 0 Å². The van der Waals surface area contributed by atoms with E-state index < -0.39 is 0 Å². The van der Waals surface area contributed by atoms with E-state index in [1.165, 1.54) is 51.1 Å². The van der Waals surface area contributed by atoms with Crippen LogP contribution in [0.1, 0.15) is 58.8 Å². The minimum atomic E-state index is 0.948. The van der Waals surface area contributed by atoms with Gasteiger partial charge in [-0.25, -0.2) is 0 Å². The molecule has 0 aliphatic heterocycles. The number of unbranched alkanes of at least 4 members (excludes halogenated alkanes) is 4. The molecule has 0 aliphatic carbocycles. The summed E-state index contributed by atoms with van der Waals surface area (Å²) in [5.41, 5.74) is 0. The highest BCUT2D eigenvalue weighted by atomic mass is 31.0. The lowest BCUT2D eigenvalue weighted by Gasteiger charge is -2.08. The van der Waals surface area contributed by atoms with E-state index in [0.29, 0.717) is 0 Å². The predicted octanol–water partition coefficient (Wildman–Crippen LogP) is 4.25.